The zero-order valence-corrected chi connectivity index (χ0v) is 10.4. The van der Waals surface area contributed by atoms with Crippen LogP contribution in [0.3, 0.4) is 0 Å². The van der Waals surface area contributed by atoms with Crippen LogP contribution in [0, 0.1) is 0 Å². The van der Waals surface area contributed by atoms with Crippen LogP contribution in [0.15, 0.2) is 65.7 Å². The van der Waals surface area contributed by atoms with E-state index >= 15 is 0 Å². The number of rotatable bonds is 5. The van der Waals surface area contributed by atoms with E-state index in [0.29, 0.717) is 0 Å². The fourth-order valence-corrected chi connectivity index (χ4v) is 1.81. The molecule has 0 amide bonds. The van der Waals surface area contributed by atoms with Gasteiger partial charge in [0, 0.05) is 6.21 Å². The van der Waals surface area contributed by atoms with Crippen molar-refractivity contribution in [2.75, 3.05) is 0 Å². The van der Waals surface area contributed by atoms with Gasteiger partial charge in [-0.15, -0.1) is 0 Å². The number of benzene rings is 2. The minimum absolute atomic E-state index is 0.00660. The first-order chi connectivity index (χ1) is 9.25. The van der Waals surface area contributed by atoms with Gasteiger partial charge in [0.25, 0.3) is 0 Å². The fraction of sp³-hybridized carbons (Fsp3) is 0.125. The number of nitrogens with zero attached hydrogens (tertiary/aromatic N) is 1. The summed E-state index contributed by atoms with van der Waals surface area (Å²) in [6, 6.07) is 18.8. The van der Waals surface area contributed by atoms with E-state index in [1.165, 1.54) is 0 Å². The summed E-state index contributed by atoms with van der Waals surface area (Å²) in [5, 5.41) is 8.97. The number of carboxylic acid groups (broad SMARTS) is 1. The van der Waals surface area contributed by atoms with E-state index in [1.54, 1.807) is 6.21 Å². The first-order valence-electron chi connectivity index (χ1n) is 6.10. The summed E-state index contributed by atoms with van der Waals surface area (Å²) >= 11 is 0. The normalized spacial score (nSPS) is 12.4. The van der Waals surface area contributed by atoms with Crippen LogP contribution in [0.4, 0.5) is 0 Å². The van der Waals surface area contributed by atoms with Gasteiger partial charge < -0.3 is 5.11 Å². The van der Waals surface area contributed by atoms with Crippen LogP contribution in [0.1, 0.15) is 23.6 Å². The van der Waals surface area contributed by atoms with E-state index in [2.05, 4.69) is 4.99 Å². The lowest BCUT2D eigenvalue weighted by molar-refractivity contribution is -0.137. The van der Waals surface area contributed by atoms with Gasteiger partial charge in [-0.05, 0) is 11.1 Å². The molecule has 3 heteroatoms. The fourth-order valence-electron chi connectivity index (χ4n) is 1.81. The van der Waals surface area contributed by atoms with Gasteiger partial charge in [-0.3, -0.25) is 9.79 Å². The van der Waals surface area contributed by atoms with E-state index in [9.17, 15) is 4.79 Å². The lowest BCUT2D eigenvalue weighted by Crippen LogP contribution is -2.04. The molecule has 1 atom stereocenters. The molecule has 2 aromatic carbocycles. The molecule has 0 radical (unpaired) electrons. The third-order valence-corrected chi connectivity index (χ3v) is 2.76. The van der Waals surface area contributed by atoms with Gasteiger partial charge >= 0.3 is 5.97 Å². The largest absolute Gasteiger partial charge is 0.481 e. The zero-order chi connectivity index (χ0) is 13.5. The molecule has 0 aliphatic carbocycles. The maximum Gasteiger partial charge on any atom is 0.305 e. The Morgan fingerprint density at radius 1 is 1.05 bits per heavy atom. The van der Waals surface area contributed by atoms with Crippen molar-refractivity contribution in [3.05, 3.63) is 71.8 Å². The third-order valence-electron chi connectivity index (χ3n) is 2.76. The smallest absolute Gasteiger partial charge is 0.305 e. The predicted molar refractivity (Wildman–Crippen MR) is 75.5 cm³/mol. The first kappa shape index (κ1) is 13.0. The highest BCUT2D eigenvalue weighted by atomic mass is 16.4. The highest BCUT2D eigenvalue weighted by molar-refractivity contribution is 5.80. The number of carbonyl (C=O) groups is 1. The average molecular weight is 253 g/mol. The summed E-state index contributed by atoms with van der Waals surface area (Å²) in [5.74, 6) is -0.848. The maximum atomic E-state index is 10.9. The van der Waals surface area contributed by atoms with Crippen LogP contribution in [0.2, 0.25) is 0 Å². The van der Waals surface area contributed by atoms with E-state index < -0.39 is 5.97 Å². The summed E-state index contributed by atoms with van der Waals surface area (Å²) < 4.78 is 0. The van der Waals surface area contributed by atoms with E-state index in [-0.39, 0.29) is 12.5 Å². The average Bonchev–Trinajstić information content (AvgIpc) is 2.45. The molecular formula is C16H15NO2. The molecule has 2 rings (SSSR count). The lowest BCUT2D eigenvalue weighted by atomic mass is 10.0. The molecule has 0 saturated carbocycles. The van der Waals surface area contributed by atoms with Gasteiger partial charge in [0.2, 0.25) is 0 Å². The number of hydrogen-bond donors (Lipinski definition) is 1. The molecule has 1 N–H and O–H groups in total. The quantitative estimate of drug-likeness (QED) is 0.831. The van der Waals surface area contributed by atoms with Gasteiger partial charge in [0.15, 0.2) is 0 Å². The Kier molecular flexibility index (Phi) is 4.45. The molecule has 0 spiro atoms. The predicted octanol–water partition coefficient (Wildman–Crippen LogP) is 3.32. The zero-order valence-electron chi connectivity index (χ0n) is 10.4. The van der Waals surface area contributed by atoms with Crippen molar-refractivity contribution < 1.29 is 9.90 Å². The van der Waals surface area contributed by atoms with Crippen molar-refractivity contribution in [3.8, 4) is 0 Å². The second kappa shape index (κ2) is 6.50. The molecule has 0 aliphatic rings. The van der Waals surface area contributed by atoms with Gasteiger partial charge in [0.05, 0.1) is 12.5 Å². The second-order valence-electron chi connectivity index (χ2n) is 4.21. The van der Waals surface area contributed by atoms with Gasteiger partial charge in [-0.25, -0.2) is 0 Å². The number of carboxylic acids is 1. The van der Waals surface area contributed by atoms with Crippen LogP contribution in [0.25, 0.3) is 0 Å². The summed E-state index contributed by atoms with van der Waals surface area (Å²) in [5.41, 5.74) is 1.88. The molecule has 0 aliphatic heterocycles. The Morgan fingerprint density at radius 2 is 1.63 bits per heavy atom. The maximum absolute atomic E-state index is 10.9. The van der Waals surface area contributed by atoms with Crippen LogP contribution >= 0.6 is 0 Å². The van der Waals surface area contributed by atoms with Crippen LogP contribution in [-0.4, -0.2) is 17.3 Å². The van der Waals surface area contributed by atoms with Gasteiger partial charge in [-0.1, -0.05) is 60.7 Å². The molecule has 0 heterocycles. The Balaban J connectivity index is 2.19. The van der Waals surface area contributed by atoms with E-state index in [1.807, 2.05) is 60.7 Å². The van der Waals surface area contributed by atoms with Gasteiger partial charge in [-0.2, -0.15) is 0 Å². The number of aliphatic imine (C=N–C) groups is 1. The summed E-state index contributed by atoms with van der Waals surface area (Å²) in [4.78, 5) is 15.3. The molecule has 2 aromatic rings. The van der Waals surface area contributed by atoms with Crippen molar-refractivity contribution in [1.29, 1.82) is 0 Å². The summed E-state index contributed by atoms with van der Waals surface area (Å²) in [7, 11) is 0. The van der Waals surface area contributed by atoms with Crippen molar-refractivity contribution in [1.82, 2.24) is 0 Å². The SMILES string of the molecule is O=C(O)CC(N=Cc1ccccc1)c1ccccc1. The molecular weight excluding hydrogens is 238 g/mol. The Labute approximate surface area is 112 Å². The Hall–Kier alpha value is -2.42. The topological polar surface area (TPSA) is 49.7 Å². The van der Waals surface area contributed by atoms with Crippen LogP contribution in [0.5, 0.6) is 0 Å². The van der Waals surface area contributed by atoms with Crippen molar-refractivity contribution >= 4 is 12.2 Å². The minimum atomic E-state index is -0.848. The van der Waals surface area contributed by atoms with Gasteiger partial charge in [0.1, 0.15) is 0 Å². The molecule has 19 heavy (non-hydrogen) atoms. The van der Waals surface area contributed by atoms with Crippen molar-refractivity contribution in [2.24, 2.45) is 4.99 Å². The summed E-state index contributed by atoms with van der Waals surface area (Å²) in [6.07, 6.45) is 1.72. The van der Waals surface area contributed by atoms with E-state index in [0.717, 1.165) is 11.1 Å². The monoisotopic (exact) mass is 253 g/mol. The Morgan fingerprint density at radius 3 is 2.21 bits per heavy atom. The van der Waals surface area contributed by atoms with E-state index in [4.69, 9.17) is 5.11 Å². The molecule has 3 nitrogen and oxygen atoms in total. The highest BCUT2D eigenvalue weighted by Gasteiger charge is 2.13. The second-order valence-corrected chi connectivity index (χ2v) is 4.21. The molecule has 0 fully saturated rings. The third kappa shape index (κ3) is 4.07. The van der Waals surface area contributed by atoms with Crippen LogP contribution < -0.4 is 0 Å². The molecule has 0 saturated heterocycles. The number of aliphatic carboxylic acids is 1. The van der Waals surface area contributed by atoms with Crippen LogP contribution in [-0.2, 0) is 4.79 Å². The minimum Gasteiger partial charge on any atom is -0.481 e. The molecule has 0 bridgehead atoms. The van der Waals surface area contributed by atoms with Crippen molar-refractivity contribution in [3.63, 3.8) is 0 Å². The Bertz CT molecular complexity index is 549. The highest BCUT2D eigenvalue weighted by Crippen LogP contribution is 2.20. The lowest BCUT2D eigenvalue weighted by Gasteiger charge is -2.10. The number of hydrogen-bond acceptors (Lipinski definition) is 2. The molecule has 0 aromatic heterocycles. The molecule has 1 unspecified atom stereocenters. The van der Waals surface area contributed by atoms with Crippen molar-refractivity contribution in [2.45, 2.75) is 12.5 Å². The first-order valence-corrected chi connectivity index (χ1v) is 6.10. The standard InChI is InChI=1S/C16H15NO2/c18-16(19)11-15(14-9-5-2-6-10-14)17-12-13-7-3-1-4-8-13/h1-10,12,15H,11H2,(H,18,19). The summed E-state index contributed by atoms with van der Waals surface area (Å²) in [6.45, 7) is 0. The molecule has 96 valence electrons.